The smallest absolute Gasteiger partial charge is 0.421 e. The van der Waals surface area contributed by atoms with Gasteiger partial charge in [-0.3, -0.25) is 0 Å². The second-order valence-electron chi connectivity index (χ2n) is 5.20. The molecule has 0 spiro atoms. The third-order valence-electron chi connectivity index (χ3n) is 3.46. The first-order valence-electron chi connectivity index (χ1n) is 7.85. The minimum atomic E-state index is -6.72. The molecule has 0 radical (unpaired) electrons. The molecule has 0 aromatic heterocycles. The van der Waals surface area contributed by atoms with E-state index in [1.165, 1.54) is 21.3 Å². The van der Waals surface area contributed by atoms with Gasteiger partial charge < -0.3 is 17.4 Å². The Bertz CT molecular complexity index is 676. The molecule has 0 rings (SSSR count). The van der Waals surface area contributed by atoms with Crippen molar-refractivity contribution in [1.29, 1.82) is 0 Å². The predicted octanol–water partition coefficient (Wildman–Crippen LogP) is 1.81. The maximum atomic E-state index is 11.4. The van der Waals surface area contributed by atoms with Gasteiger partial charge in [0, 0.05) is 33.8 Å². The molecule has 21 heteroatoms. The second-order valence-corrected chi connectivity index (χ2v) is 11.7. The van der Waals surface area contributed by atoms with E-state index in [0.717, 1.165) is 10.5 Å². The lowest BCUT2D eigenvalue weighted by Crippen LogP contribution is -2.48. The van der Waals surface area contributed by atoms with Gasteiger partial charge in [0.15, 0.2) is 26.6 Å². The van der Waals surface area contributed by atoms with Crippen molar-refractivity contribution in [2.24, 2.45) is 0 Å². The lowest BCUT2D eigenvalue weighted by molar-refractivity contribution is -1.36. The first kappa shape index (κ1) is 33.5. The van der Waals surface area contributed by atoms with Crippen LogP contribution in [0.1, 0.15) is 6.42 Å². The van der Waals surface area contributed by atoms with Crippen molar-refractivity contribution in [3.8, 4) is 0 Å². The molecule has 0 amide bonds. The van der Waals surface area contributed by atoms with Crippen molar-refractivity contribution in [3.63, 3.8) is 0 Å². The molecule has 0 heterocycles. The average molecular weight is 551 g/mol. The van der Waals surface area contributed by atoms with Crippen LogP contribution in [0.4, 0.5) is 26.3 Å². The number of nitrogens with zero attached hydrogens (tertiary/aromatic N) is 2. The van der Waals surface area contributed by atoms with Gasteiger partial charge in [0.1, 0.15) is 21.3 Å². The molecule has 12 nitrogen and oxygen atoms in total. The van der Waals surface area contributed by atoms with Gasteiger partial charge in [-0.1, -0.05) is 0 Å². The zero-order valence-corrected chi connectivity index (χ0v) is 20.3. The van der Waals surface area contributed by atoms with Gasteiger partial charge in [0.05, 0.1) is 4.97 Å². The first-order valence-corrected chi connectivity index (χ1v) is 12.7. The Labute approximate surface area is 182 Å². The second kappa shape index (κ2) is 12.7. The molecule has 0 aliphatic carbocycles. The van der Waals surface area contributed by atoms with E-state index in [9.17, 15) is 43.2 Å². The highest BCUT2D eigenvalue weighted by Gasteiger charge is 2.47. The monoisotopic (exact) mass is 550 g/mol. The fourth-order valence-electron chi connectivity index (χ4n) is 1.76. The van der Waals surface area contributed by atoms with E-state index in [-0.39, 0.29) is 4.97 Å². The molecule has 0 saturated carbocycles. The third-order valence-corrected chi connectivity index (χ3v) is 9.04. The number of quaternary nitrogens is 1. The molecule has 0 N–H and O–H groups in total. The lowest BCUT2D eigenvalue weighted by Gasteiger charge is -2.27. The van der Waals surface area contributed by atoms with Crippen molar-refractivity contribution in [2.75, 3.05) is 49.2 Å². The molecule has 0 atom stereocenters. The minimum Gasteiger partial charge on any atom is -0.421 e. The van der Waals surface area contributed by atoms with Crippen LogP contribution >= 0.6 is 0 Å². The fraction of sp³-hybridized carbons (Fsp3) is 1.00. The highest BCUT2D eigenvalue weighted by molar-refractivity contribution is 8.13. The quantitative estimate of drug-likeness (QED) is 0.153. The van der Waals surface area contributed by atoms with Crippen LogP contribution in [0.5, 0.6) is 0 Å². The standard InChI is InChI=1S/C9H24NO6Si.C2F6NO4S2/c1-11-10(12-2,13-3)8-7-9-17(14-4,15-5)16-6;3-1(4,5)14(10,11)9-15(12,13)2(6,7)8/h7-9H2,1-6H3;/q+1;-1. The lowest BCUT2D eigenvalue weighted by atomic mass is 10.5. The van der Waals surface area contributed by atoms with Gasteiger partial charge in [-0.2, -0.15) is 26.3 Å². The number of hydroxylamine groups is 3. The number of sulfonamides is 2. The van der Waals surface area contributed by atoms with Gasteiger partial charge in [0.25, 0.3) is 0 Å². The SMILES string of the molecule is CO[N+](CCC[Si](OC)(OC)OC)(OC)OC.O=S(=O)([N-]S(=O)(=O)C(F)(F)F)C(F)(F)F. The summed E-state index contributed by atoms with van der Waals surface area (Å²) < 4.78 is 125. The molecular weight excluding hydrogens is 526 g/mol. The van der Waals surface area contributed by atoms with Crippen LogP contribution in [-0.2, 0) is 47.8 Å². The third kappa shape index (κ3) is 9.70. The topological polar surface area (TPSA) is 138 Å². The Balaban J connectivity index is 0. The van der Waals surface area contributed by atoms with Crippen LogP contribution in [0.15, 0.2) is 0 Å². The largest absolute Gasteiger partial charge is 0.500 e. The van der Waals surface area contributed by atoms with E-state index in [2.05, 4.69) is 0 Å². The number of alkyl halides is 6. The minimum absolute atomic E-state index is 0.332. The zero-order chi connectivity index (χ0) is 26.1. The van der Waals surface area contributed by atoms with Gasteiger partial charge in [0.2, 0.25) is 0 Å². The van der Waals surface area contributed by atoms with Crippen molar-refractivity contribution in [2.45, 2.75) is 23.5 Å². The van der Waals surface area contributed by atoms with Gasteiger partial charge >= 0.3 is 19.8 Å². The molecule has 0 aliphatic heterocycles. The summed E-state index contributed by atoms with van der Waals surface area (Å²) in [5.41, 5.74) is -12.4. The number of hydrogen-bond acceptors (Lipinski definition) is 10. The highest BCUT2D eigenvalue weighted by Crippen LogP contribution is 2.36. The predicted molar refractivity (Wildman–Crippen MR) is 95.7 cm³/mol. The van der Waals surface area contributed by atoms with Crippen LogP contribution in [0, 0.1) is 0 Å². The summed E-state index contributed by atoms with van der Waals surface area (Å²) in [5.74, 6) is 0. The number of halogens is 6. The molecule has 0 fully saturated rings. The Morgan fingerprint density at radius 3 is 1.25 bits per heavy atom. The normalized spacial score (nSPS) is 14.1. The van der Waals surface area contributed by atoms with Gasteiger partial charge in [-0.05, 0) is 0 Å². The number of hydrogen-bond donors (Lipinski definition) is 0. The van der Waals surface area contributed by atoms with E-state index >= 15 is 0 Å². The Kier molecular flexibility index (Phi) is 13.3. The van der Waals surface area contributed by atoms with E-state index in [4.69, 9.17) is 27.8 Å². The van der Waals surface area contributed by atoms with Crippen LogP contribution in [0.2, 0.25) is 6.04 Å². The maximum Gasteiger partial charge on any atom is 0.500 e. The fourth-order valence-corrected chi connectivity index (χ4v) is 5.17. The summed E-state index contributed by atoms with van der Waals surface area (Å²) in [6, 6.07) is 0.659. The molecule has 0 bridgehead atoms. The van der Waals surface area contributed by atoms with Crippen molar-refractivity contribution in [3.05, 3.63) is 4.13 Å². The van der Waals surface area contributed by atoms with Crippen molar-refractivity contribution < 1.29 is 75.9 Å². The molecule has 0 aromatic rings. The Morgan fingerprint density at radius 1 is 0.719 bits per heavy atom. The summed E-state index contributed by atoms with van der Waals surface area (Å²) in [6.07, 6.45) is 0.720. The van der Waals surface area contributed by atoms with E-state index in [0.29, 0.717) is 12.6 Å². The summed E-state index contributed by atoms with van der Waals surface area (Å²) >= 11 is 0. The summed E-state index contributed by atoms with van der Waals surface area (Å²) in [7, 11) is -6.67. The summed E-state index contributed by atoms with van der Waals surface area (Å²) in [6.45, 7) is 0.508. The molecule has 0 aromatic carbocycles. The van der Waals surface area contributed by atoms with Gasteiger partial charge in [-0.25, -0.2) is 16.8 Å². The Hall–Kier alpha value is -0.623. The van der Waals surface area contributed by atoms with E-state index < -0.39 is 39.9 Å². The first-order chi connectivity index (χ1) is 14.3. The van der Waals surface area contributed by atoms with Crippen LogP contribution < -0.4 is 0 Å². The van der Waals surface area contributed by atoms with Gasteiger partial charge in [-0.15, -0.1) is 14.5 Å². The number of rotatable bonds is 12. The van der Waals surface area contributed by atoms with Crippen molar-refractivity contribution in [1.82, 2.24) is 0 Å². The zero-order valence-electron chi connectivity index (χ0n) is 17.7. The molecule has 32 heavy (non-hydrogen) atoms. The summed E-state index contributed by atoms with van der Waals surface area (Å²) in [4.78, 5) is 15.1. The van der Waals surface area contributed by atoms with Crippen LogP contribution in [0.25, 0.3) is 4.13 Å². The highest BCUT2D eigenvalue weighted by atomic mass is 32.3. The molecular formula is C11H24F6N2O10S2Si. The average Bonchev–Trinajstić information content (AvgIpc) is 2.67. The molecule has 196 valence electrons. The maximum absolute atomic E-state index is 11.4. The van der Waals surface area contributed by atoms with E-state index in [1.807, 2.05) is 0 Å². The Morgan fingerprint density at radius 2 is 1.03 bits per heavy atom. The van der Waals surface area contributed by atoms with Crippen LogP contribution in [-0.4, -0.2) is 90.8 Å². The molecule has 0 aliphatic rings. The van der Waals surface area contributed by atoms with E-state index in [1.54, 1.807) is 21.3 Å². The summed E-state index contributed by atoms with van der Waals surface area (Å²) in [5, 5.41) is 0. The molecule has 0 unspecified atom stereocenters. The van der Waals surface area contributed by atoms with Crippen LogP contribution in [0.3, 0.4) is 0 Å². The molecule has 0 saturated heterocycles. The van der Waals surface area contributed by atoms with Crippen molar-refractivity contribution >= 4 is 28.9 Å².